The summed E-state index contributed by atoms with van der Waals surface area (Å²) < 4.78 is 1.78. The van der Waals surface area contributed by atoms with Gasteiger partial charge in [0.05, 0.1) is 23.0 Å². The van der Waals surface area contributed by atoms with Gasteiger partial charge >= 0.3 is 0 Å². The molecule has 0 bridgehead atoms. The zero-order chi connectivity index (χ0) is 13.2. The Morgan fingerprint density at radius 2 is 2.12 bits per heavy atom. The number of nitrogens with zero attached hydrogens (tertiary/aromatic N) is 2. The molecule has 98 valence electrons. The van der Waals surface area contributed by atoms with Crippen molar-refractivity contribution in [1.29, 1.82) is 0 Å². The van der Waals surface area contributed by atoms with E-state index in [-0.39, 0.29) is 17.9 Å². The Morgan fingerprint density at radius 1 is 1.53 bits per heavy atom. The number of rotatable bonds is 5. The van der Waals surface area contributed by atoms with Crippen LogP contribution in [0.1, 0.15) is 25.2 Å². The van der Waals surface area contributed by atoms with Crippen LogP contribution in [0, 0.1) is 18.3 Å². The summed E-state index contributed by atoms with van der Waals surface area (Å²) in [5.74, 6) is 0.281. The van der Waals surface area contributed by atoms with E-state index >= 15 is 0 Å². The van der Waals surface area contributed by atoms with Gasteiger partial charge in [0.2, 0.25) is 0 Å². The lowest BCUT2D eigenvalue weighted by Crippen LogP contribution is -2.41. The number of aliphatic hydroxyl groups is 1. The molecular weight excluding hydrogens is 238 g/mol. The molecule has 3 N–H and O–H groups in total. The minimum Gasteiger partial charge on any atom is -0.396 e. The van der Waals surface area contributed by atoms with Gasteiger partial charge in [-0.05, 0) is 12.8 Å². The second-order valence-electron chi connectivity index (χ2n) is 5.03. The molecule has 17 heavy (non-hydrogen) atoms. The Balaban J connectivity index is 3.10. The van der Waals surface area contributed by atoms with Gasteiger partial charge in [0.15, 0.2) is 0 Å². The molecule has 0 saturated carbocycles. The topological polar surface area (TPSA) is 64.1 Å². The molecule has 0 saturated heterocycles. The van der Waals surface area contributed by atoms with E-state index in [9.17, 15) is 5.11 Å². The largest absolute Gasteiger partial charge is 0.396 e. The van der Waals surface area contributed by atoms with Crippen LogP contribution in [0.15, 0.2) is 0 Å². The number of aromatic nitrogens is 2. The van der Waals surface area contributed by atoms with Crippen molar-refractivity contribution in [3.8, 4) is 0 Å². The molecular formula is C12H22ClN3O. The van der Waals surface area contributed by atoms with Gasteiger partial charge in [0, 0.05) is 25.4 Å². The molecule has 0 aromatic carbocycles. The Bertz CT molecular complexity index is 383. The fourth-order valence-corrected chi connectivity index (χ4v) is 2.25. The Labute approximate surface area is 108 Å². The van der Waals surface area contributed by atoms with Gasteiger partial charge < -0.3 is 10.8 Å². The maximum Gasteiger partial charge on any atom is 0.0847 e. The van der Waals surface area contributed by atoms with E-state index < -0.39 is 0 Å². The van der Waals surface area contributed by atoms with Gasteiger partial charge in [-0.2, -0.15) is 5.10 Å². The fourth-order valence-electron chi connectivity index (χ4n) is 2.02. The maximum absolute atomic E-state index is 9.64. The first-order chi connectivity index (χ1) is 7.88. The number of aryl methyl sites for hydroxylation is 2. The molecule has 0 aliphatic heterocycles. The number of aliphatic hydroxyl groups excluding tert-OH is 1. The number of hydrogen-bond acceptors (Lipinski definition) is 3. The van der Waals surface area contributed by atoms with Crippen molar-refractivity contribution in [2.75, 3.05) is 13.2 Å². The molecule has 0 radical (unpaired) electrons. The molecule has 1 aromatic heterocycles. The van der Waals surface area contributed by atoms with Crippen molar-refractivity contribution < 1.29 is 5.11 Å². The van der Waals surface area contributed by atoms with E-state index in [1.807, 2.05) is 14.0 Å². The predicted molar refractivity (Wildman–Crippen MR) is 70.1 cm³/mol. The fraction of sp³-hybridized carbons (Fsp3) is 0.750. The second kappa shape index (κ2) is 5.38. The Kier molecular flexibility index (Phi) is 4.58. The highest BCUT2D eigenvalue weighted by molar-refractivity contribution is 6.31. The summed E-state index contributed by atoms with van der Waals surface area (Å²) in [4.78, 5) is 0. The summed E-state index contributed by atoms with van der Waals surface area (Å²) in [5, 5.41) is 14.6. The molecule has 0 spiro atoms. The molecule has 4 nitrogen and oxygen atoms in total. The van der Waals surface area contributed by atoms with Crippen LogP contribution in [-0.2, 0) is 13.5 Å². The zero-order valence-corrected chi connectivity index (χ0v) is 11.8. The molecule has 1 heterocycles. The highest BCUT2D eigenvalue weighted by atomic mass is 35.5. The maximum atomic E-state index is 9.64. The normalized spacial score (nSPS) is 15.3. The lowest BCUT2D eigenvalue weighted by Gasteiger charge is -2.34. The number of halogens is 1. The summed E-state index contributed by atoms with van der Waals surface area (Å²) in [6.45, 7) is 6.51. The van der Waals surface area contributed by atoms with Crippen molar-refractivity contribution in [2.45, 2.75) is 27.2 Å². The highest BCUT2D eigenvalue weighted by Crippen LogP contribution is 2.33. The van der Waals surface area contributed by atoms with Crippen molar-refractivity contribution in [3.05, 3.63) is 16.4 Å². The van der Waals surface area contributed by atoms with E-state index in [1.54, 1.807) is 4.68 Å². The van der Waals surface area contributed by atoms with Crippen molar-refractivity contribution in [1.82, 2.24) is 9.78 Å². The molecule has 0 aliphatic carbocycles. The molecule has 0 fully saturated rings. The molecule has 0 aliphatic rings. The highest BCUT2D eigenvalue weighted by Gasteiger charge is 2.34. The standard InChI is InChI=1S/C12H22ClN3O/c1-8(2)12(6-14,7-17)5-10-11(13)9(3)15-16(10)4/h8,17H,5-7,14H2,1-4H3. The minimum atomic E-state index is -0.329. The Morgan fingerprint density at radius 3 is 2.41 bits per heavy atom. The van der Waals surface area contributed by atoms with Gasteiger partial charge in [0.1, 0.15) is 0 Å². The molecule has 5 heteroatoms. The van der Waals surface area contributed by atoms with Crippen molar-refractivity contribution >= 4 is 11.6 Å². The van der Waals surface area contributed by atoms with E-state index in [0.717, 1.165) is 11.4 Å². The summed E-state index contributed by atoms with van der Waals surface area (Å²) in [6, 6.07) is 0. The molecule has 1 unspecified atom stereocenters. The van der Waals surface area contributed by atoms with Gasteiger partial charge in [-0.25, -0.2) is 0 Å². The van der Waals surface area contributed by atoms with Gasteiger partial charge in [-0.3, -0.25) is 4.68 Å². The smallest absolute Gasteiger partial charge is 0.0847 e. The minimum absolute atomic E-state index is 0.0573. The van der Waals surface area contributed by atoms with Crippen LogP contribution >= 0.6 is 11.6 Å². The zero-order valence-electron chi connectivity index (χ0n) is 11.0. The van der Waals surface area contributed by atoms with E-state index in [2.05, 4.69) is 18.9 Å². The van der Waals surface area contributed by atoms with E-state index in [1.165, 1.54) is 0 Å². The third kappa shape index (κ3) is 2.64. The third-order valence-electron chi connectivity index (χ3n) is 3.73. The quantitative estimate of drug-likeness (QED) is 0.843. The SMILES string of the molecule is Cc1nn(C)c(CC(CN)(CO)C(C)C)c1Cl. The predicted octanol–water partition coefficient (Wildman–Crippen LogP) is 1.52. The first kappa shape index (κ1) is 14.5. The summed E-state index contributed by atoms with van der Waals surface area (Å²) in [7, 11) is 1.87. The van der Waals surface area contributed by atoms with Crippen LogP contribution in [0.25, 0.3) is 0 Å². The van der Waals surface area contributed by atoms with Gasteiger partial charge in [-0.15, -0.1) is 0 Å². The van der Waals surface area contributed by atoms with Crippen LogP contribution in [0.3, 0.4) is 0 Å². The summed E-state index contributed by atoms with van der Waals surface area (Å²) >= 11 is 6.23. The van der Waals surface area contributed by atoms with Crippen LogP contribution in [0.2, 0.25) is 5.02 Å². The number of nitrogens with two attached hydrogens (primary N) is 1. The first-order valence-corrected chi connectivity index (χ1v) is 6.24. The van der Waals surface area contributed by atoms with Crippen LogP contribution in [0.4, 0.5) is 0 Å². The molecule has 1 aromatic rings. The van der Waals surface area contributed by atoms with Crippen LogP contribution < -0.4 is 5.73 Å². The van der Waals surface area contributed by atoms with Crippen LogP contribution in [0.5, 0.6) is 0 Å². The summed E-state index contributed by atoms with van der Waals surface area (Å²) in [6.07, 6.45) is 0.647. The first-order valence-electron chi connectivity index (χ1n) is 5.87. The molecule has 1 rings (SSSR count). The Hall–Kier alpha value is -0.580. The third-order valence-corrected chi connectivity index (χ3v) is 4.22. The summed E-state index contributed by atoms with van der Waals surface area (Å²) in [5.41, 5.74) is 7.27. The van der Waals surface area contributed by atoms with Gasteiger partial charge in [-0.1, -0.05) is 25.4 Å². The van der Waals surface area contributed by atoms with Crippen molar-refractivity contribution in [3.63, 3.8) is 0 Å². The van der Waals surface area contributed by atoms with Crippen molar-refractivity contribution in [2.24, 2.45) is 24.1 Å². The lowest BCUT2D eigenvalue weighted by molar-refractivity contribution is 0.0824. The lowest BCUT2D eigenvalue weighted by atomic mass is 9.74. The molecule has 1 atom stereocenters. The van der Waals surface area contributed by atoms with E-state index in [0.29, 0.717) is 18.0 Å². The monoisotopic (exact) mass is 259 g/mol. The van der Waals surface area contributed by atoms with E-state index in [4.69, 9.17) is 17.3 Å². The van der Waals surface area contributed by atoms with Crippen LogP contribution in [-0.4, -0.2) is 28.0 Å². The second-order valence-corrected chi connectivity index (χ2v) is 5.40. The molecule has 0 amide bonds. The average Bonchev–Trinajstić information content (AvgIpc) is 2.51. The average molecular weight is 260 g/mol. The van der Waals surface area contributed by atoms with Gasteiger partial charge in [0.25, 0.3) is 0 Å². The number of hydrogen-bond donors (Lipinski definition) is 2.